The van der Waals surface area contributed by atoms with Crippen LogP contribution in [0.25, 0.3) is 0 Å². The first kappa shape index (κ1) is 23.7. The van der Waals surface area contributed by atoms with Gasteiger partial charge >= 0.3 is 0 Å². The van der Waals surface area contributed by atoms with Gasteiger partial charge in [0, 0.05) is 21.3 Å². The Hall–Kier alpha value is -2.91. The molecule has 3 rings (SSSR count). The lowest BCUT2D eigenvalue weighted by Crippen LogP contribution is -2.29. The van der Waals surface area contributed by atoms with Crippen molar-refractivity contribution in [1.82, 2.24) is 0 Å². The van der Waals surface area contributed by atoms with Crippen LogP contribution in [0.3, 0.4) is 0 Å². The number of benzene rings is 3. The van der Waals surface area contributed by atoms with Gasteiger partial charge in [0.05, 0.1) is 25.1 Å². The summed E-state index contributed by atoms with van der Waals surface area (Å²) in [6, 6.07) is 17.2. The average molecular weight is 521 g/mol. The molecular formula is C23H22BrFN2O4S. The minimum absolute atomic E-state index is 0.0855. The van der Waals surface area contributed by atoms with Crippen molar-refractivity contribution in [2.45, 2.75) is 13.5 Å². The van der Waals surface area contributed by atoms with Crippen molar-refractivity contribution in [1.29, 1.82) is 0 Å². The molecule has 0 aliphatic heterocycles. The zero-order valence-electron chi connectivity index (χ0n) is 17.5. The van der Waals surface area contributed by atoms with Gasteiger partial charge in [0.1, 0.15) is 11.6 Å². The van der Waals surface area contributed by atoms with E-state index in [1.54, 1.807) is 36.4 Å². The van der Waals surface area contributed by atoms with Gasteiger partial charge in [0.2, 0.25) is 10.0 Å². The van der Waals surface area contributed by atoms with Crippen molar-refractivity contribution in [2.75, 3.05) is 22.5 Å². The Balaban J connectivity index is 1.95. The Labute approximate surface area is 195 Å². The van der Waals surface area contributed by atoms with E-state index in [-0.39, 0.29) is 12.5 Å². The summed E-state index contributed by atoms with van der Waals surface area (Å²) in [5.41, 5.74) is 1.77. The summed E-state index contributed by atoms with van der Waals surface area (Å²) in [5, 5.41) is 2.82. The van der Waals surface area contributed by atoms with Gasteiger partial charge in [0.15, 0.2) is 0 Å². The topological polar surface area (TPSA) is 75.7 Å². The molecule has 0 aliphatic rings. The number of carbonyl (C=O) groups is 1. The lowest BCUT2D eigenvalue weighted by atomic mass is 10.1. The zero-order chi connectivity index (χ0) is 23.3. The molecule has 0 fully saturated rings. The van der Waals surface area contributed by atoms with E-state index in [1.165, 1.54) is 24.3 Å². The maximum absolute atomic E-state index is 13.3. The number of hydrogen-bond donors (Lipinski definition) is 1. The molecule has 6 nitrogen and oxygen atoms in total. The molecule has 0 spiro atoms. The largest absolute Gasteiger partial charge is 0.494 e. The quantitative estimate of drug-likeness (QED) is 0.442. The normalized spacial score (nSPS) is 11.1. The first-order valence-electron chi connectivity index (χ1n) is 9.73. The van der Waals surface area contributed by atoms with E-state index in [0.29, 0.717) is 34.9 Å². The van der Waals surface area contributed by atoms with Crippen LogP contribution >= 0.6 is 15.9 Å². The van der Waals surface area contributed by atoms with Crippen molar-refractivity contribution in [3.63, 3.8) is 0 Å². The van der Waals surface area contributed by atoms with Crippen molar-refractivity contribution < 1.29 is 22.3 Å². The van der Waals surface area contributed by atoms with Crippen molar-refractivity contribution >= 4 is 43.2 Å². The van der Waals surface area contributed by atoms with E-state index in [4.69, 9.17) is 4.74 Å². The summed E-state index contributed by atoms with van der Waals surface area (Å²) < 4.78 is 45.9. The summed E-state index contributed by atoms with van der Waals surface area (Å²) in [4.78, 5) is 12.8. The third kappa shape index (κ3) is 6.08. The van der Waals surface area contributed by atoms with Crippen molar-refractivity contribution in [3.8, 4) is 5.75 Å². The maximum atomic E-state index is 13.3. The number of hydrogen-bond acceptors (Lipinski definition) is 4. The van der Waals surface area contributed by atoms with Crippen LogP contribution in [0.15, 0.2) is 71.2 Å². The highest BCUT2D eigenvalue weighted by molar-refractivity contribution is 9.10. The zero-order valence-corrected chi connectivity index (χ0v) is 19.9. The average Bonchev–Trinajstić information content (AvgIpc) is 2.73. The number of ether oxygens (including phenoxy) is 1. The van der Waals surface area contributed by atoms with Gasteiger partial charge in [-0.25, -0.2) is 12.8 Å². The van der Waals surface area contributed by atoms with Crippen LogP contribution in [0.4, 0.5) is 15.8 Å². The van der Waals surface area contributed by atoms with E-state index in [1.807, 2.05) is 13.0 Å². The van der Waals surface area contributed by atoms with Gasteiger partial charge in [-0.2, -0.15) is 0 Å². The first-order valence-corrected chi connectivity index (χ1v) is 12.4. The molecule has 0 radical (unpaired) electrons. The number of nitrogens with zero attached hydrogens (tertiary/aromatic N) is 1. The molecule has 0 unspecified atom stereocenters. The second kappa shape index (κ2) is 10.1. The second-order valence-electron chi connectivity index (χ2n) is 6.97. The van der Waals surface area contributed by atoms with Gasteiger partial charge in [0.25, 0.3) is 5.91 Å². The van der Waals surface area contributed by atoms with Gasteiger partial charge in [-0.3, -0.25) is 9.10 Å². The fraction of sp³-hybridized carbons (Fsp3) is 0.174. The highest BCUT2D eigenvalue weighted by atomic mass is 79.9. The van der Waals surface area contributed by atoms with E-state index in [9.17, 15) is 17.6 Å². The van der Waals surface area contributed by atoms with E-state index in [0.717, 1.165) is 15.0 Å². The third-order valence-corrected chi connectivity index (χ3v) is 6.17. The SMILES string of the molecule is CCOc1ccc(C(=O)Nc2cccc(Br)c2)cc1CN(c1ccc(F)cc1)S(C)(=O)=O. The molecule has 1 N–H and O–H groups in total. The highest BCUT2D eigenvalue weighted by Gasteiger charge is 2.21. The molecule has 0 atom stereocenters. The Morgan fingerprint density at radius 2 is 1.81 bits per heavy atom. The van der Waals surface area contributed by atoms with Crippen LogP contribution in [0.2, 0.25) is 0 Å². The lowest BCUT2D eigenvalue weighted by Gasteiger charge is -2.24. The monoisotopic (exact) mass is 520 g/mol. The number of sulfonamides is 1. The molecule has 0 aliphatic carbocycles. The van der Waals surface area contributed by atoms with Gasteiger partial charge in [-0.15, -0.1) is 0 Å². The molecule has 9 heteroatoms. The summed E-state index contributed by atoms with van der Waals surface area (Å²) in [7, 11) is -3.70. The number of anilines is 2. The lowest BCUT2D eigenvalue weighted by molar-refractivity contribution is 0.102. The fourth-order valence-corrected chi connectivity index (χ4v) is 4.35. The van der Waals surface area contributed by atoms with Crippen molar-refractivity contribution in [3.05, 3.63) is 88.1 Å². The summed E-state index contributed by atoms with van der Waals surface area (Å²) in [6.07, 6.45) is 1.07. The van der Waals surface area contributed by atoms with Gasteiger partial charge in [-0.1, -0.05) is 22.0 Å². The van der Waals surface area contributed by atoms with Crippen LogP contribution in [0.5, 0.6) is 5.75 Å². The number of amides is 1. The summed E-state index contributed by atoms with van der Waals surface area (Å²) in [5.74, 6) is -0.356. The van der Waals surface area contributed by atoms with E-state index in [2.05, 4.69) is 21.2 Å². The Morgan fingerprint density at radius 3 is 2.44 bits per heavy atom. The summed E-state index contributed by atoms with van der Waals surface area (Å²) in [6.45, 7) is 2.09. The number of nitrogens with one attached hydrogen (secondary N) is 1. The van der Waals surface area contributed by atoms with Crippen molar-refractivity contribution in [2.24, 2.45) is 0 Å². The molecule has 168 valence electrons. The maximum Gasteiger partial charge on any atom is 0.255 e. The predicted octanol–water partition coefficient (Wildman–Crippen LogP) is 5.21. The fourth-order valence-electron chi connectivity index (χ4n) is 3.07. The van der Waals surface area contributed by atoms with Crippen LogP contribution < -0.4 is 14.4 Å². The van der Waals surface area contributed by atoms with Gasteiger partial charge in [-0.05, 0) is 67.6 Å². The Bertz CT molecular complexity index is 1220. The van der Waals surface area contributed by atoms with Crippen LogP contribution in [0, 0.1) is 5.82 Å². The molecule has 1 amide bonds. The standard InChI is InChI=1S/C23H22BrFN2O4S/c1-3-31-22-12-7-16(23(28)26-20-6-4-5-18(24)14-20)13-17(22)15-27(32(2,29)30)21-10-8-19(25)9-11-21/h4-14H,3,15H2,1-2H3,(H,26,28). The van der Waals surface area contributed by atoms with E-state index < -0.39 is 15.8 Å². The Morgan fingerprint density at radius 1 is 1.09 bits per heavy atom. The van der Waals surface area contributed by atoms with Crippen LogP contribution in [-0.4, -0.2) is 27.2 Å². The molecule has 3 aromatic carbocycles. The molecule has 0 heterocycles. The number of carbonyl (C=O) groups excluding carboxylic acids is 1. The molecule has 3 aromatic rings. The predicted molar refractivity (Wildman–Crippen MR) is 127 cm³/mol. The highest BCUT2D eigenvalue weighted by Crippen LogP contribution is 2.27. The molecular weight excluding hydrogens is 499 g/mol. The molecule has 0 bridgehead atoms. The molecule has 0 aromatic heterocycles. The molecule has 32 heavy (non-hydrogen) atoms. The summed E-state index contributed by atoms with van der Waals surface area (Å²) >= 11 is 3.37. The second-order valence-corrected chi connectivity index (χ2v) is 9.79. The third-order valence-electron chi connectivity index (χ3n) is 4.53. The molecule has 0 saturated heterocycles. The minimum atomic E-state index is -3.70. The van der Waals surface area contributed by atoms with E-state index >= 15 is 0 Å². The van der Waals surface area contributed by atoms with Gasteiger partial charge < -0.3 is 10.1 Å². The Kier molecular flexibility index (Phi) is 7.52. The van der Waals surface area contributed by atoms with Crippen LogP contribution in [-0.2, 0) is 16.6 Å². The minimum Gasteiger partial charge on any atom is -0.494 e. The first-order chi connectivity index (χ1) is 15.2. The molecule has 0 saturated carbocycles. The van der Waals surface area contributed by atoms with Crippen LogP contribution in [0.1, 0.15) is 22.8 Å². The number of halogens is 2. The number of rotatable bonds is 8. The smallest absolute Gasteiger partial charge is 0.255 e.